The summed E-state index contributed by atoms with van der Waals surface area (Å²) in [6, 6.07) is -0.268. The Morgan fingerprint density at radius 3 is 2.56 bits per heavy atom. The molecule has 2 aliphatic rings. The normalized spacial score (nSPS) is 31.4. The highest BCUT2D eigenvalue weighted by molar-refractivity contribution is 5.92. The van der Waals surface area contributed by atoms with Crippen LogP contribution in [0.3, 0.4) is 0 Å². The molecule has 1 aliphatic carbocycles. The van der Waals surface area contributed by atoms with E-state index in [1.54, 1.807) is 0 Å². The molecular weight excluding hydrogens is 228 g/mol. The third-order valence-corrected chi connectivity index (χ3v) is 4.30. The maximum absolute atomic E-state index is 12.0. The Hall–Kier alpha value is -1.06. The van der Waals surface area contributed by atoms with Crippen LogP contribution in [0.15, 0.2) is 0 Å². The zero-order chi connectivity index (χ0) is 13.0. The fourth-order valence-corrected chi connectivity index (χ4v) is 2.90. The van der Waals surface area contributed by atoms with Gasteiger partial charge in [0.2, 0.25) is 11.8 Å². The lowest BCUT2D eigenvalue weighted by atomic mass is 9.79. The lowest BCUT2D eigenvalue weighted by molar-refractivity contribution is -0.135. The minimum atomic E-state index is -0.268. The largest absolute Gasteiger partial charge is 0.352 e. The second-order valence-corrected chi connectivity index (χ2v) is 5.67. The number of β-lactam (4-membered cyclic amide) rings is 1. The minimum Gasteiger partial charge on any atom is -0.352 e. The Bertz CT molecular complexity index is 309. The summed E-state index contributed by atoms with van der Waals surface area (Å²) in [5.41, 5.74) is 0. The van der Waals surface area contributed by atoms with Gasteiger partial charge in [-0.2, -0.15) is 0 Å². The average Bonchev–Trinajstić information content (AvgIpc) is 2.41. The van der Waals surface area contributed by atoms with E-state index in [1.807, 2.05) is 0 Å². The van der Waals surface area contributed by atoms with Crippen LogP contribution in [0.2, 0.25) is 0 Å². The number of hydrogen-bond acceptors (Lipinski definition) is 2. The molecular formula is C14H24N2O2. The molecule has 1 atom stereocenters. The van der Waals surface area contributed by atoms with E-state index < -0.39 is 0 Å². The van der Waals surface area contributed by atoms with Crippen molar-refractivity contribution in [3.63, 3.8) is 0 Å². The maximum atomic E-state index is 12.0. The third-order valence-electron chi connectivity index (χ3n) is 4.30. The zero-order valence-electron chi connectivity index (χ0n) is 11.2. The Morgan fingerprint density at radius 2 is 2.06 bits per heavy atom. The van der Waals surface area contributed by atoms with Gasteiger partial charge in [0, 0.05) is 12.5 Å². The van der Waals surface area contributed by atoms with Crippen molar-refractivity contribution in [2.75, 3.05) is 6.54 Å². The molecule has 4 heteroatoms. The summed E-state index contributed by atoms with van der Waals surface area (Å²) >= 11 is 0. The van der Waals surface area contributed by atoms with Crippen molar-refractivity contribution in [1.82, 2.24) is 10.6 Å². The van der Waals surface area contributed by atoms with E-state index in [0.717, 1.165) is 18.8 Å². The summed E-state index contributed by atoms with van der Waals surface area (Å²) in [4.78, 5) is 23.1. The van der Waals surface area contributed by atoms with Crippen molar-refractivity contribution in [3.05, 3.63) is 0 Å². The fraction of sp³-hybridized carbons (Fsp3) is 0.857. The first-order valence-electron chi connectivity index (χ1n) is 7.28. The van der Waals surface area contributed by atoms with Gasteiger partial charge in [-0.3, -0.25) is 9.59 Å². The van der Waals surface area contributed by atoms with Crippen LogP contribution in [-0.4, -0.2) is 24.4 Å². The minimum absolute atomic E-state index is 0.0417. The number of amides is 2. The van der Waals surface area contributed by atoms with Crippen LogP contribution in [0.5, 0.6) is 0 Å². The van der Waals surface area contributed by atoms with Gasteiger partial charge in [0.05, 0.1) is 0 Å². The molecule has 2 rings (SSSR count). The van der Waals surface area contributed by atoms with Gasteiger partial charge in [-0.25, -0.2) is 0 Å². The Kier molecular flexibility index (Phi) is 4.61. The number of carbonyl (C=O) groups excluding carboxylic acids is 2. The molecule has 0 spiro atoms. The molecule has 0 unspecified atom stereocenters. The molecule has 0 aromatic heterocycles. The van der Waals surface area contributed by atoms with E-state index in [1.165, 1.54) is 32.1 Å². The number of nitrogens with one attached hydrogen (secondary N) is 2. The van der Waals surface area contributed by atoms with E-state index in [2.05, 4.69) is 17.6 Å². The molecule has 2 N–H and O–H groups in total. The van der Waals surface area contributed by atoms with Crippen LogP contribution in [-0.2, 0) is 9.59 Å². The first-order chi connectivity index (χ1) is 8.70. The first kappa shape index (κ1) is 13.4. The summed E-state index contributed by atoms with van der Waals surface area (Å²) in [5, 5.41) is 5.49. The number of rotatable bonds is 5. The predicted octanol–water partition coefficient (Wildman–Crippen LogP) is 1.60. The van der Waals surface area contributed by atoms with Crippen LogP contribution >= 0.6 is 0 Å². The van der Waals surface area contributed by atoms with E-state index in [4.69, 9.17) is 0 Å². The highest BCUT2D eigenvalue weighted by Gasteiger charge is 2.32. The third kappa shape index (κ3) is 3.24. The van der Waals surface area contributed by atoms with E-state index in [9.17, 15) is 9.59 Å². The molecule has 2 amide bonds. The molecule has 1 saturated carbocycles. The standard InChI is InChI=1S/C14H24N2O2/c1-2-3-4-10-5-7-11(8-6-10)13(17)16-12-9-15-14(12)18/h10-12H,2-9H2,1H3,(H,15,18)(H,16,17)/t10?,11?,12-/m0/s1. The van der Waals surface area contributed by atoms with Crippen LogP contribution in [0.1, 0.15) is 51.9 Å². The van der Waals surface area contributed by atoms with Gasteiger partial charge < -0.3 is 10.6 Å². The maximum Gasteiger partial charge on any atom is 0.244 e. The summed E-state index contributed by atoms with van der Waals surface area (Å²) < 4.78 is 0. The zero-order valence-corrected chi connectivity index (χ0v) is 11.2. The number of unbranched alkanes of at least 4 members (excludes halogenated alkanes) is 1. The van der Waals surface area contributed by atoms with Crippen molar-refractivity contribution in [2.24, 2.45) is 11.8 Å². The molecule has 2 fully saturated rings. The lowest BCUT2D eigenvalue weighted by Crippen LogP contribution is -2.62. The Balaban J connectivity index is 1.68. The van der Waals surface area contributed by atoms with Crippen LogP contribution < -0.4 is 10.6 Å². The van der Waals surface area contributed by atoms with Crippen molar-refractivity contribution >= 4 is 11.8 Å². The molecule has 1 saturated heterocycles. The average molecular weight is 252 g/mol. The van der Waals surface area contributed by atoms with Gasteiger partial charge in [-0.1, -0.05) is 26.2 Å². The van der Waals surface area contributed by atoms with Gasteiger partial charge in [-0.15, -0.1) is 0 Å². The molecule has 0 radical (unpaired) electrons. The van der Waals surface area contributed by atoms with Crippen molar-refractivity contribution in [2.45, 2.75) is 57.9 Å². The smallest absolute Gasteiger partial charge is 0.244 e. The Labute approximate surface area is 109 Å². The molecule has 1 aliphatic heterocycles. The molecule has 0 bridgehead atoms. The molecule has 102 valence electrons. The summed E-state index contributed by atoms with van der Waals surface area (Å²) in [5.74, 6) is 1.00. The van der Waals surface area contributed by atoms with Crippen LogP contribution in [0.4, 0.5) is 0 Å². The quantitative estimate of drug-likeness (QED) is 0.730. The second-order valence-electron chi connectivity index (χ2n) is 5.67. The molecule has 0 aromatic carbocycles. The molecule has 0 aromatic rings. The Morgan fingerprint density at radius 1 is 1.33 bits per heavy atom. The SMILES string of the molecule is CCCCC1CCC(C(=O)N[C@H]2CNC2=O)CC1. The van der Waals surface area contributed by atoms with E-state index >= 15 is 0 Å². The lowest BCUT2D eigenvalue weighted by Gasteiger charge is -2.31. The second kappa shape index (κ2) is 6.21. The van der Waals surface area contributed by atoms with Gasteiger partial charge >= 0.3 is 0 Å². The summed E-state index contributed by atoms with van der Waals surface area (Å²) in [6.07, 6.45) is 8.23. The molecule has 1 heterocycles. The topological polar surface area (TPSA) is 58.2 Å². The summed E-state index contributed by atoms with van der Waals surface area (Å²) in [7, 11) is 0. The van der Waals surface area contributed by atoms with Gasteiger partial charge in [0.25, 0.3) is 0 Å². The monoisotopic (exact) mass is 252 g/mol. The van der Waals surface area contributed by atoms with Crippen molar-refractivity contribution < 1.29 is 9.59 Å². The number of carbonyl (C=O) groups is 2. The number of hydrogen-bond donors (Lipinski definition) is 2. The summed E-state index contributed by atoms with van der Waals surface area (Å²) in [6.45, 7) is 2.82. The fourth-order valence-electron chi connectivity index (χ4n) is 2.90. The van der Waals surface area contributed by atoms with Gasteiger partial charge in [0.15, 0.2) is 0 Å². The molecule has 4 nitrogen and oxygen atoms in total. The van der Waals surface area contributed by atoms with Crippen LogP contribution in [0, 0.1) is 11.8 Å². The van der Waals surface area contributed by atoms with E-state index in [0.29, 0.717) is 6.54 Å². The van der Waals surface area contributed by atoms with Gasteiger partial charge in [0.1, 0.15) is 6.04 Å². The first-order valence-corrected chi connectivity index (χ1v) is 7.28. The highest BCUT2D eigenvalue weighted by atomic mass is 16.2. The van der Waals surface area contributed by atoms with Crippen LogP contribution in [0.25, 0.3) is 0 Å². The van der Waals surface area contributed by atoms with E-state index in [-0.39, 0.29) is 23.8 Å². The van der Waals surface area contributed by atoms with Crippen molar-refractivity contribution in [3.8, 4) is 0 Å². The van der Waals surface area contributed by atoms with Gasteiger partial charge in [-0.05, 0) is 31.6 Å². The highest BCUT2D eigenvalue weighted by Crippen LogP contribution is 2.32. The van der Waals surface area contributed by atoms with Crippen molar-refractivity contribution in [1.29, 1.82) is 0 Å². The predicted molar refractivity (Wildman–Crippen MR) is 69.9 cm³/mol. The molecule has 18 heavy (non-hydrogen) atoms.